The molecule has 1 aliphatic heterocycles. The van der Waals surface area contributed by atoms with Crippen molar-refractivity contribution < 1.29 is 50.0 Å². The maximum Gasteiger partial charge on any atom is 0.310 e. The fourth-order valence-corrected chi connectivity index (χ4v) is 14.2. The van der Waals surface area contributed by atoms with Crippen LogP contribution >= 0.6 is 0 Å². The second-order valence-electron chi connectivity index (χ2n) is 19.2. The fraction of sp³-hybridized carbons (Fsp3) is 0.923. The molecule has 49 heavy (non-hydrogen) atoms. The maximum absolute atomic E-state index is 13.2. The van der Waals surface area contributed by atoms with Gasteiger partial charge in [0, 0.05) is 12.0 Å². The zero-order chi connectivity index (χ0) is 35.6. The second-order valence-corrected chi connectivity index (χ2v) is 19.2. The Hall–Kier alpha value is -1.11. The molecule has 0 aromatic rings. The van der Waals surface area contributed by atoms with E-state index in [1.807, 2.05) is 6.92 Å². The average molecular weight is 691 g/mol. The van der Waals surface area contributed by atoms with Crippen molar-refractivity contribution in [2.45, 2.75) is 148 Å². The molecule has 15 atom stereocenters. The lowest BCUT2D eigenvalue weighted by Gasteiger charge is -2.76. The Morgan fingerprint density at radius 2 is 1.51 bits per heavy atom. The highest BCUT2D eigenvalue weighted by molar-refractivity contribution is 5.76. The fourth-order valence-electron chi connectivity index (χ4n) is 14.2. The Balaban J connectivity index is 1.32. The number of ether oxygens (including phenoxy) is 2. The van der Waals surface area contributed by atoms with Crippen molar-refractivity contribution in [2.24, 2.45) is 55.7 Å². The summed E-state index contributed by atoms with van der Waals surface area (Å²) in [6, 6.07) is 0. The Bertz CT molecular complexity index is 1350. The van der Waals surface area contributed by atoms with Crippen LogP contribution in [-0.2, 0) is 14.3 Å². The molecule has 7 aliphatic rings. The zero-order valence-electron chi connectivity index (χ0n) is 30.2. The molecule has 0 amide bonds. The molecule has 10 heteroatoms. The molecule has 6 fully saturated rings. The summed E-state index contributed by atoms with van der Waals surface area (Å²) in [5.74, 6) is -0.706. The van der Waals surface area contributed by atoms with Crippen LogP contribution in [-0.4, -0.2) is 98.3 Å². The molecule has 0 bridgehead atoms. The van der Waals surface area contributed by atoms with E-state index in [2.05, 4.69) is 33.8 Å². The predicted octanol–water partition coefficient (Wildman–Crippen LogP) is 3.78. The molecule has 1 saturated heterocycles. The molecule has 0 radical (unpaired) electrons. The number of hydrogen-bond acceptors (Lipinski definition) is 9. The quantitative estimate of drug-likeness (QED) is 0.166. The van der Waals surface area contributed by atoms with E-state index >= 15 is 0 Å². The third-order valence-corrected chi connectivity index (χ3v) is 17.2. The number of aliphatic carboxylic acids is 1. The van der Waals surface area contributed by atoms with Crippen LogP contribution in [0.3, 0.4) is 0 Å². The third-order valence-electron chi connectivity index (χ3n) is 17.2. The number of carboxylic acids is 1. The summed E-state index contributed by atoms with van der Waals surface area (Å²) < 4.78 is 12.0. The van der Waals surface area contributed by atoms with Crippen LogP contribution in [0, 0.1) is 55.7 Å². The molecule has 278 valence electrons. The van der Waals surface area contributed by atoms with Crippen molar-refractivity contribution in [3.8, 4) is 0 Å². The SMILES string of the molecule is CC1(CO)CCC2(C(=O)O)CCC3(C)C(=CCC4C5(C)CC(O)C(OC6OCC(O)C(O)C6O)C(C)(CO)C5CC5(CCCC5)C43C)C2C1. The Morgan fingerprint density at radius 1 is 0.837 bits per heavy atom. The monoisotopic (exact) mass is 690 g/mol. The first kappa shape index (κ1) is 36.3. The lowest BCUT2D eigenvalue weighted by Crippen LogP contribution is -2.73. The minimum absolute atomic E-state index is 0.0292. The number of carboxylic acid groups (broad SMARTS) is 1. The summed E-state index contributed by atoms with van der Waals surface area (Å²) in [6.45, 7) is 11.0. The van der Waals surface area contributed by atoms with Gasteiger partial charge < -0.3 is 45.2 Å². The molecule has 7 rings (SSSR count). The van der Waals surface area contributed by atoms with Gasteiger partial charge in [0.15, 0.2) is 6.29 Å². The molecule has 10 nitrogen and oxygen atoms in total. The Morgan fingerprint density at radius 3 is 2.14 bits per heavy atom. The van der Waals surface area contributed by atoms with Gasteiger partial charge in [0.05, 0.1) is 30.8 Å². The molecule has 15 unspecified atom stereocenters. The Kier molecular flexibility index (Phi) is 8.65. The van der Waals surface area contributed by atoms with Crippen molar-refractivity contribution in [3.05, 3.63) is 11.6 Å². The topological polar surface area (TPSA) is 177 Å². The number of allylic oxidation sites excluding steroid dienone is 2. The summed E-state index contributed by atoms with van der Waals surface area (Å²) >= 11 is 0. The molecule has 5 saturated carbocycles. The van der Waals surface area contributed by atoms with Crippen LogP contribution < -0.4 is 0 Å². The van der Waals surface area contributed by atoms with Crippen molar-refractivity contribution >= 4 is 5.97 Å². The average Bonchev–Trinajstić information content (AvgIpc) is 3.55. The van der Waals surface area contributed by atoms with E-state index in [-0.39, 0.29) is 64.6 Å². The number of aliphatic hydroxyl groups is 6. The normalized spacial score (nSPS) is 55.1. The van der Waals surface area contributed by atoms with Gasteiger partial charge in [-0.1, -0.05) is 59.1 Å². The van der Waals surface area contributed by atoms with E-state index < -0.39 is 53.6 Å². The minimum Gasteiger partial charge on any atom is -0.481 e. The van der Waals surface area contributed by atoms with Crippen molar-refractivity contribution in [1.82, 2.24) is 0 Å². The molecule has 1 spiro atoms. The standard InChI is InChI=1S/C39H62O10/c1-33(20-40)12-14-39(32(46)47)15-13-36(4)22(23(39)16-33)8-9-26-34(2)17-24(42)30(49-31-29(45)28(44)25(43)19-48-31)35(3,21-41)27(34)18-38(37(26,36)5)10-6-7-11-38/h8,23-31,40-45H,6-7,9-21H2,1-5H3,(H,46,47). The molecule has 6 aliphatic carbocycles. The third kappa shape index (κ3) is 4.63. The Labute approximate surface area is 291 Å². The number of carbonyl (C=O) groups is 1. The van der Waals surface area contributed by atoms with E-state index in [1.165, 1.54) is 5.57 Å². The van der Waals surface area contributed by atoms with Crippen LogP contribution in [0.5, 0.6) is 0 Å². The lowest BCUT2D eigenvalue weighted by atomic mass is 9.28. The van der Waals surface area contributed by atoms with Gasteiger partial charge in [0.2, 0.25) is 0 Å². The zero-order valence-corrected chi connectivity index (χ0v) is 30.2. The number of hydrogen-bond donors (Lipinski definition) is 7. The lowest BCUT2D eigenvalue weighted by molar-refractivity contribution is -0.337. The molecule has 1 heterocycles. The number of fused-ring (bicyclic) bond motifs is 8. The summed E-state index contributed by atoms with van der Waals surface area (Å²) in [7, 11) is 0. The maximum atomic E-state index is 13.2. The van der Waals surface area contributed by atoms with E-state index in [1.54, 1.807) is 0 Å². The summed E-state index contributed by atoms with van der Waals surface area (Å²) in [4.78, 5) is 13.2. The van der Waals surface area contributed by atoms with Crippen molar-refractivity contribution in [2.75, 3.05) is 19.8 Å². The van der Waals surface area contributed by atoms with Gasteiger partial charge >= 0.3 is 5.97 Å². The highest BCUT2D eigenvalue weighted by Gasteiger charge is 2.76. The smallest absolute Gasteiger partial charge is 0.310 e. The first-order valence-corrected chi connectivity index (χ1v) is 19.1. The predicted molar refractivity (Wildman–Crippen MR) is 180 cm³/mol. The van der Waals surface area contributed by atoms with Gasteiger partial charge in [0.1, 0.15) is 18.3 Å². The van der Waals surface area contributed by atoms with Gasteiger partial charge in [-0.05, 0) is 109 Å². The first-order valence-electron chi connectivity index (χ1n) is 19.1. The minimum atomic E-state index is -1.50. The molecular formula is C39H62O10. The van der Waals surface area contributed by atoms with Crippen LogP contribution in [0.4, 0.5) is 0 Å². The largest absolute Gasteiger partial charge is 0.481 e. The van der Waals surface area contributed by atoms with Crippen LogP contribution in [0.15, 0.2) is 11.6 Å². The van der Waals surface area contributed by atoms with Crippen LogP contribution in [0.2, 0.25) is 0 Å². The van der Waals surface area contributed by atoms with Crippen LogP contribution in [0.1, 0.15) is 112 Å². The summed E-state index contributed by atoms with van der Waals surface area (Å²) in [5.41, 5.74) is -1.66. The van der Waals surface area contributed by atoms with E-state index in [0.29, 0.717) is 32.1 Å². The summed E-state index contributed by atoms with van der Waals surface area (Å²) in [6.07, 6.45) is 4.90. The van der Waals surface area contributed by atoms with Gasteiger partial charge in [-0.25, -0.2) is 0 Å². The molecular weight excluding hydrogens is 628 g/mol. The molecule has 0 aromatic heterocycles. The van der Waals surface area contributed by atoms with Gasteiger partial charge in [-0.3, -0.25) is 4.79 Å². The van der Waals surface area contributed by atoms with Crippen LogP contribution in [0.25, 0.3) is 0 Å². The number of rotatable bonds is 5. The molecule has 0 aromatic carbocycles. The second kappa shape index (κ2) is 11.7. The van der Waals surface area contributed by atoms with Gasteiger partial charge in [0.25, 0.3) is 0 Å². The van der Waals surface area contributed by atoms with Crippen molar-refractivity contribution in [3.63, 3.8) is 0 Å². The van der Waals surface area contributed by atoms with Gasteiger partial charge in [-0.2, -0.15) is 0 Å². The molecule has 7 N–H and O–H groups in total. The number of aliphatic hydroxyl groups excluding tert-OH is 6. The van der Waals surface area contributed by atoms with Gasteiger partial charge in [-0.15, -0.1) is 0 Å². The van der Waals surface area contributed by atoms with E-state index in [9.17, 15) is 40.5 Å². The van der Waals surface area contributed by atoms with E-state index in [4.69, 9.17) is 9.47 Å². The highest BCUT2D eigenvalue weighted by Crippen LogP contribution is 2.82. The van der Waals surface area contributed by atoms with Crippen molar-refractivity contribution in [1.29, 1.82) is 0 Å². The summed E-state index contributed by atoms with van der Waals surface area (Å²) in [5, 5.41) is 75.9. The highest BCUT2D eigenvalue weighted by atomic mass is 16.7. The van der Waals surface area contributed by atoms with E-state index in [0.717, 1.165) is 44.9 Å². The first-order chi connectivity index (χ1) is 22.9.